The fourth-order valence-corrected chi connectivity index (χ4v) is 3.26. The highest BCUT2D eigenvalue weighted by Gasteiger charge is 2.36. The largest absolute Gasteiger partial charge is 0.496 e. The van der Waals surface area contributed by atoms with E-state index in [9.17, 15) is 0 Å². The zero-order valence-electron chi connectivity index (χ0n) is 14.1. The maximum Gasteiger partial charge on any atom is 0.150 e. The summed E-state index contributed by atoms with van der Waals surface area (Å²) in [5.74, 6) is 1.71. The second-order valence-electron chi connectivity index (χ2n) is 5.98. The molecule has 0 bridgehead atoms. The van der Waals surface area contributed by atoms with Crippen LogP contribution in [0.2, 0.25) is 0 Å². The molecule has 1 aromatic heterocycles. The monoisotopic (exact) mass is 327 g/mol. The lowest BCUT2D eigenvalue weighted by Crippen LogP contribution is -2.26. The number of aromatic nitrogens is 3. The van der Waals surface area contributed by atoms with Gasteiger partial charge in [-0.3, -0.25) is 4.90 Å². The molecule has 7 nitrogen and oxygen atoms in total. The average Bonchev–Trinajstić information content (AvgIpc) is 3.20. The molecule has 0 spiro atoms. The molecule has 0 N–H and O–H groups in total. The third-order valence-electron chi connectivity index (χ3n) is 4.53. The van der Waals surface area contributed by atoms with Crippen LogP contribution in [0, 0.1) is 11.3 Å². The van der Waals surface area contributed by atoms with Crippen molar-refractivity contribution in [3.63, 3.8) is 0 Å². The normalized spacial score (nSPS) is 20.9. The van der Waals surface area contributed by atoms with E-state index in [2.05, 4.69) is 21.2 Å². The zero-order chi connectivity index (χ0) is 17.1. The summed E-state index contributed by atoms with van der Waals surface area (Å²) in [6, 6.07) is 7.80. The van der Waals surface area contributed by atoms with Gasteiger partial charge in [0.2, 0.25) is 0 Å². The first-order chi connectivity index (χ1) is 11.7. The van der Waals surface area contributed by atoms with Gasteiger partial charge in [-0.15, -0.1) is 10.2 Å². The van der Waals surface area contributed by atoms with Crippen LogP contribution in [0.1, 0.15) is 29.4 Å². The molecule has 1 aliphatic rings. The Morgan fingerprint density at radius 2 is 2.21 bits per heavy atom. The number of hydrogen-bond acceptors (Lipinski definition) is 6. The molecular weight excluding hydrogens is 306 g/mol. The highest BCUT2D eigenvalue weighted by Crippen LogP contribution is 2.34. The van der Waals surface area contributed by atoms with Gasteiger partial charge in [0.15, 0.2) is 0 Å². The van der Waals surface area contributed by atoms with E-state index < -0.39 is 0 Å². The predicted molar refractivity (Wildman–Crippen MR) is 87.3 cm³/mol. The summed E-state index contributed by atoms with van der Waals surface area (Å²) in [7, 11) is 5.33. The van der Waals surface area contributed by atoms with E-state index in [0.29, 0.717) is 12.1 Å². The van der Waals surface area contributed by atoms with Gasteiger partial charge in [-0.05, 0) is 24.6 Å². The van der Waals surface area contributed by atoms with E-state index in [4.69, 9.17) is 14.7 Å². The van der Waals surface area contributed by atoms with Crippen molar-refractivity contribution in [3.05, 3.63) is 41.5 Å². The van der Waals surface area contributed by atoms with Crippen molar-refractivity contribution in [3.8, 4) is 11.8 Å². The number of nitrogens with zero attached hydrogens (tertiary/aromatic N) is 5. The van der Waals surface area contributed by atoms with Crippen LogP contribution in [0.3, 0.4) is 0 Å². The molecule has 0 unspecified atom stereocenters. The molecule has 0 amide bonds. The second-order valence-corrected chi connectivity index (χ2v) is 5.98. The lowest BCUT2D eigenvalue weighted by Gasteiger charge is -2.24. The fourth-order valence-electron chi connectivity index (χ4n) is 3.26. The summed E-state index contributed by atoms with van der Waals surface area (Å²) in [4.78, 5) is 2.30. The molecule has 0 radical (unpaired) electrons. The molecule has 1 aliphatic heterocycles. The summed E-state index contributed by atoms with van der Waals surface area (Å²) in [6.45, 7) is 1.46. The van der Waals surface area contributed by atoms with Crippen LogP contribution >= 0.6 is 0 Å². The van der Waals surface area contributed by atoms with Gasteiger partial charge in [-0.25, -0.2) is 0 Å². The minimum atomic E-state index is 0.123. The summed E-state index contributed by atoms with van der Waals surface area (Å²) in [6.07, 6.45) is 2.73. The molecule has 1 saturated heterocycles. The minimum absolute atomic E-state index is 0.123. The Kier molecular flexibility index (Phi) is 4.79. The van der Waals surface area contributed by atoms with Gasteiger partial charge in [0, 0.05) is 32.8 Å². The molecule has 3 rings (SSSR count). The Morgan fingerprint density at radius 1 is 1.38 bits per heavy atom. The SMILES string of the molecule is COc1ccc(C#N)cc1CN1C[C@H](OC)C[C@H]1c1nncn1C. The van der Waals surface area contributed by atoms with Crippen molar-refractivity contribution in [2.75, 3.05) is 20.8 Å². The highest BCUT2D eigenvalue weighted by atomic mass is 16.5. The highest BCUT2D eigenvalue weighted by molar-refractivity contribution is 5.42. The quantitative estimate of drug-likeness (QED) is 0.831. The van der Waals surface area contributed by atoms with Gasteiger partial charge in [0.1, 0.15) is 17.9 Å². The van der Waals surface area contributed by atoms with Crippen LogP contribution in [0.5, 0.6) is 5.75 Å². The molecule has 2 atom stereocenters. The van der Waals surface area contributed by atoms with Crippen molar-refractivity contribution in [2.24, 2.45) is 7.05 Å². The number of ether oxygens (including phenoxy) is 2. The average molecular weight is 327 g/mol. The Bertz CT molecular complexity index is 752. The molecule has 126 valence electrons. The first-order valence-electron chi connectivity index (χ1n) is 7.84. The summed E-state index contributed by atoms with van der Waals surface area (Å²) >= 11 is 0. The van der Waals surface area contributed by atoms with Gasteiger partial charge in [0.05, 0.1) is 30.9 Å². The maximum absolute atomic E-state index is 9.16. The van der Waals surface area contributed by atoms with Crippen LogP contribution in [-0.4, -0.2) is 46.5 Å². The number of nitriles is 1. The molecule has 2 heterocycles. The number of likely N-dealkylation sites (tertiary alicyclic amines) is 1. The smallest absolute Gasteiger partial charge is 0.150 e. The number of aryl methyl sites for hydroxylation is 1. The summed E-state index contributed by atoms with van der Waals surface area (Å²) in [5.41, 5.74) is 1.61. The molecule has 0 aliphatic carbocycles. The van der Waals surface area contributed by atoms with E-state index >= 15 is 0 Å². The minimum Gasteiger partial charge on any atom is -0.496 e. The summed E-state index contributed by atoms with van der Waals surface area (Å²) < 4.78 is 13.0. The van der Waals surface area contributed by atoms with Crippen molar-refractivity contribution < 1.29 is 9.47 Å². The number of methoxy groups -OCH3 is 2. The molecular formula is C17H21N5O2. The molecule has 1 aromatic carbocycles. The van der Waals surface area contributed by atoms with E-state index in [0.717, 1.165) is 30.1 Å². The lowest BCUT2D eigenvalue weighted by atomic mass is 10.1. The maximum atomic E-state index is 9.16. The first-order valence-corrected chi connectivity index (χ1v) is 7.84. The van der Waals surface area contributed by atoms with Crippen molar-refractivity contribution in [2.45, 2.75) is 25.1 Å². The van der Waals surface area contributed by atoms with E-state index in [-0.39, 0.29) is 12.1 Å². The Morgan fingerprint density at radius 3 is 2.83 bits per heavy atom. The van der Waals surface area contributed by atoms with Crippen LogP contribution in [-0.2, 0) is 18.3 Å². The molecule has 7 heteroatoms. The van der Waals surface area contributed by atoms with E-state index in [1.165, 1.54) is 0 Å². The number of benzene rings is 1. The lowest BCUT2D eigenvalue weighted by molar-refractivity contribution is 0.107. The van der Waals surface area contributed by atoms with Gasteiger partial charge in [0.25, 0.3) is 0 Å². The van der Waals surface area contributed by atoms with Crippen molar-refractivity contribution in [1.82, 2.24) is 19.7 Å². The molecule has 2 aromatic rings. The van der Waals surface area contributed by atoms with Crippen LogP contribution in [0.25, 0.3) is 0 Å². The van der Waals surface area contributed by atoms with Gasteiger partial charge >= 0.3 is 0 Å². The van der Waals surface area contributed by atoms with Crippen LogP contribution < -0.4 is 4.74 Å². The third-order valence-corrected chi connectivity index (χ3v) is 4.53. The van der Waals surface area contributed by atoms with Crippen LogP contribution in [0.4, 0.5) is 0 Å². The number of hydrogen-bond donors (Lipinski definition) is 0. The second kappa shape index (κ2) is 6.99. The zero-order valence-corrected chi connectivity index (χ0v) is 14.1. The van der Waals surface area contributed by atoms with Crippen molar-refractivity contribution in [1.29, 1.82) is 5.26 Å². The predicted octanol–water partition coefficient (Wildman–Crippen LogP) is 1.66. The number of rotatable bonds is 5. The molecule has 1 fully saturated rings. The Hall–Kier alpha value is -2.43. The van der Waals surface area contributed by atoms with E-state index in [1.54, 1.807) is 26.6 Å². The van der Waals surface area contributed by atoms with E-state index in [1.807, 2.05) is 23.7 Å². The van der Waals surface area contributed by atoms with Gasteiger partial charge < -0.3 is 14.0 Å². The Balaban J connectivity index is 1.90. The molecule has 24 heavy (non-hydrogen) atoms. The standard InChI is InChI=1S/C17H21N5O2/c1-21-11-19-20-17(21)15-7-14(23-2)10-22(15)9-13-6-12(8-18)4-5-16(13)24-3/h4-6,11,14-15H,7,9-10H2,1-3H3/t14-,15+/m1/s1. The molecule has 0 saturated carbocycles. The summed E-state index contributed by atoms with van der Waals surface area (Å²) in [5, 5.41) is 17.4. The fraction of sp³-hybridized carbons (Fsp3) is 0.471. The van der Waals surface area contributed by atoms with Crippen LogP contribution in [0.15, 0.2) is 24.5 Å². The Labute approximate surface area is 141 Å². The van der Waals surface area contributed by atoms with Crippen molar-refractivity contribution >= 4 is 0 Å². The first kappa shape index (κ1) is 16.4. The van der Waals surface area contributed by atoms with Gasteiger partial charge in [-0.2, -0.15) is 5.26 Å². The third kappa shape index (κ3) is 3.11. The van der Waals surface area contributed by atoms with Gasteiger partial charge in [-0.1, -0.05) is 0 Å². The topological polar surface area (TPSA) is 76.2 Å².